The average Bonchev–Trinajstić information content (AvgIpc) is 2.60. The van der Waals surface area contributed by atoms with Gasteiger partial charge in [-0.15, -0.1) is 0 Å². The zero-order valence-corrected chi connectivity index (χ0v) is 8.29. The molecule has 0 saturated carbocycles. The predicted molar refractivity (Wildman–Crippen MR) is 59.3 cm³/mol. The topological polar surface area (TPSA) is 12.0 Å². The van der Waals surface area contributed by atoms with Crippen molar-refractivity contribution in [2.24, 2.45) is 0 Å². The largest absolute Gasteiger partial charge is 0.317 e. The summed E-state index contributed by atoms with van der Waals surface area (Å²) in [4.78, 5) is 0. The van der Waals surface area contributed by atoms with Crippen LogP contribution in [-0.2, 0) is 5.41 Å². The number of allylic oxidation sites excluding steroid dienone is 1. The van der Waals surface area contributed by atoms with E-state index in [4.69, 9.17) is 0 Å². The number of nitrogens with one attached hydrogen (secondary N) is 1. The maximum Gasteiger partial charge on any atom is 0.0165 e. The second-order valence-corrected chi connectivity index (χ2v) is 4.33. The predicted octanol–water partition coefficient (Wildman–Crippen LogP) is 2.33. The van der Waals surface area contributed by atoms with Crippen LogP contribution in [0.4, 0.5) is 0 Å². The van der Waals surface area contributed by atoms with Gasteiger partial charge in [0.2, 0.25) is 0 Å². The van der Waals surface area contributed by atoms with E-state index in [0.717, 1.165) is 13.1 Å². The second-order valence-electron chi connectivity index (χ2n) is 4.33. The third-order valence-corrected chi connectivity index (χ3v) is 3.57. The van der Waals surface area contributed by atoms with Gasteiger partial charge >= 0.3 is 0 Å². The molecule has 1 aromatic rings. The van der Waals surface area contributed by atoms with Gasteiger partial charge in [-0.2, -0.15) is 0 Å². The third-order valence-electron chi connectivity index (χ3n) is 3.57. The zero-order valence-electron chi connectivity index (χ0n) is 8.29. The van der Waals surface area contributed by atoms with Gasteiger partial charge in [-0.25, -0.2) is 0 Å². The molecule has 1 N–H and O–H groups in total. The molecular formula is C13H15N. The highest BCUT2D eigenvalue weighted by Gasteiger charge is 2.35. The number of hydrogen-bond acceptors (Lipinski definition) is 1. The Morgan fingerprint density at radius 3 is 2.71 bits per heavy atom. The lowest BCUT2D eigenvalue weighted by Gasteiger charge is -2.33. The standard InChI is InChI=1S/C13H15N/c1-2-4-12-11(3-1)5-6-13(12)7-9-14-10-8-13/h1-6,14H,7-10H2. The molecule has 0 radical (unpaired) electrons. The van der Waals surface area contributed by atoms with E-state index < -0.39 is 0 Å². The molecule has 0 bridgehead atoms. The second kappa shape index (κ2) is 2.96. The first-order valence-corrected chi connectivity index (χ1v) is 5.40. The van der Waals surface area contributed by atoms with Gasteiger partial charge in [0.05, 0.1) is 0 Å². The molecule has 72 valence electrons. The monoisotopic (exact) mass is 185 g/mol. The summed E-state index contributed by atoms with van der Waals surface area (Å²) in [6.07, 6.45) is 7.21. The summed E-state index contributed by atoms with van der Waals surface area (Å²) in [6.45, 7) is 2.30. The van der Waals surface area contributed by atoms with Gasteiger partial charge in [0, 0.05) is 5.41 Å². The molecule has 1 aliphatic carbocycles. The van der Waals surface area contributed by atoms with Crippen LogP contribution >= 0.6 is 0 Å². The van der Waals surface area contributed by atoms with E-state index >= 15 is 0 Å². The third kappa shape index (κ3) is 1.05. The summed E-state index contributed by atoms with van der Waals surface area (Å²) < 4.78 is 0. The molecule has 0 aromatic heterocycles. The van der Waals surface area contributed by atoms with E-state index in [0.29, 0.717) is 5.41 Å². The Balaban J connectivity index is 2.07. The smallest absolute Gasteiger partial charge is 0.0165 e. The number of fused-ring (bicyclic) bond motifs is 2. The highest BCUT2D eigenvalue weighted by Crippen LogP contribution is 2.41. The van der Waals surface area contributed by atoms with E-state index in [1.807, 2.05) is 0 Å². The fourth-order valence-corrected chi connectivity index (χ4v) is 2.74. The first-order chi connectivity index (χ1) is 6.91. The van der Waals surface area contributed by atoms with Crippen LogP contribution in [0.15, 0.2) is 30.3 Å². The molecule has 2 aliphatic rings. The molecule has 1 nitrogen and oxygen atoms in total. The van der Waals surface area contributed by atoms with Gasteiger partial charge < -0.3 is 5.32 Å². The molecule has 1 aromatic carbocycles. The molecule has 0 amide bonds. The first kappa shape index (κ1) is 8.25. The van der Waals surface area contributed by atoms with Crippen LogP contribution in [0.25, 0.3) is 6.08 Å². The summed E-state index contributed by atoms with van der Waals surface area (Å²) >= 11 is 0. The minimum atomic E-state index is 0.363. The van der Waals surface area contributed by atoms with E-state index in [1.54, 1.807) is 5.56 Å². The van der Waals surface area contributed by atoms with Gasteiger partial charge in [-0.05, 0) is 37.1 Å². The lowest BCUT2D eigenvalue weighted by atomic mass is 9.75. The normalized spacial score (nSPS) is 22.6. The summed E-state index contributed by atoms with van der Waals surface area (Å²) in [6, 6.07) is 8.81. The Bertz CT molecular complexity index is 373. The summed E-state index contributed by atoms with van der Waals surface area (Å²) in [5.74, 6) is 0. The highest BCUT2D eigenvalue weighted by atomic mass is 14.9. The van der Waals surface area contributed by atoms with Crippen LogP contribution in [0.3, 0.4) is 0 Å². The van der Waals surface area contributed by atoms with Gasteiger partial charge in [-0.3, -0.25) is 0 Å². The van der Waals surface area contributed by atoms with Crippen LogP contribution in [-0.4, -0.2) is 13.1 Å². The summed E-state index contributed by atoms with van der Waals surface area (Å²) in [5.41, 5.74) is 3.33. The maximum absolute atomic E-state index is 3.43. The van der Waals surface area contributed by atoms with Gasteiger partial charge in [0.25, 0.3) is 0 Å². The maximum atomic E-state index is 3.43. The molecule has 1 saturated heterocycles. The summed E-state index contributed by atoms with van der Waals surface area (Å²) in [7, 11) is 0. The van der Waals surface area contributed by atoms with E-state index in [2.05, 4.69) is 41.7 Å². The van der Waals surface area contributed by atoms with Crippen molar-refractivity contribution >= 4 is 6.08 Å². The molecule has 0 unspecified atom stereocenters. The van der Waals surface area contributed by atoms with Crippen LogP contribution in [0.2, 0.25) is 0 Å². The molecular weight excluding hydrogens is 170 g/mol. The number of rotatable bonds is 0. The Kier molecular flexibility index (Phi) is 1.74. The number of piperidine rings is 1. The fourth-order valence-electron chi connectivity index (χ4n) is 2.74. The van der Waals surface area contributed by atoms with Crippen LogP contribution in [0.1, 0.15) is 24.0 Å². The molecule has 1 heteroatoms. The van der Waals surface area contributed by atoms with Gasteiger partial charge in [0.1, 0.15) is 0 Å². The average molecular weight is 185 g/mol. The van der Waals surface area contributed by atoms with Crippen molar-refractivity contribution < 1.29 is 0 Å². The van der Waals surface area contributed by atoms with Crippen molar-refractivity contribution in [3.63, 3.8) is 0 Å². The number of benzene rings is 1. The Morgan fingerprint density at radius 1 is 1.07 bits per heavy atom. The van der Waals surface area contributed by atoms with Crippen LogP contribution < -0.4 is 5.32 Å². The highest BCUT2D eigenvalue weighted by molar-refractivity contribution is 5.65. The molecule has 3 rings (SSSR count). The summed E-state index contributed by atoms with van der Waals surface area (Å²) in [5, 5.41) is 3.43. The van der Waals surface area contributed by atoms with Crippen molar-refractivity contribution in [2.45, 2.75) is 18.3 Å². The van der Waals surface area contributed by atoms with Crippen LogP contribution in [0.5, 0.6) is 0 Å². The Hall–Kier alpha value is -1.08. The quantitative estimate of drug-likeness (QED) is 0.654. The Morgan fingerprint density at radius 2 is 1.86 bits per heavy atom. The molecule has 0 atom stereocenters. The van der Waals surface area contributed by atoms with Gasteiger partial charge in [0.15, 0.2) is 0 Å². The first-order valence-electron chi connectivity index (χ1n) is 5.40. The van der Waals surface area contributed by atoms with Crippen LogP contribution in [0, 0.1) is 0 Å². The van der Waals surface area contributed by atoms with Crippen molar-refractivity contribution in [2.75, 3.05) is 13.1 Å². The van der Waals surface area contributed by atoms with Crippen molar-refractivity contribution in [1.29, 1.82) is 0 Å². The molecule has 14 heavy (non-hydrogen) atoms. The fraction of sp³-hybridized carbons (Fsp3) is 0.385. The Labute approximate surface area is 84.8 Å². The SMILES string of the molecule is C1=CC2(CCNCC2)c2ccccc21. The lowest BCUT2D eigenvalue weighted by molar-refractivity contribution is 0.378. The molecule has 1 aliphatic heterocycles. The van der Waals surface area contributed by atoms with E-state index in [1.165, 1.54) is 18.4 Å². The molecule has 1 spiro atoms. The van der Waals surface area contributed by atoms with Crippen molar-refractivity contribution in [3.05, 3.63) is 41.5 Å². The minimum Gasteiger partial charge on any atom is -0.317 e. The number of hydrogen-bond donors (Lipinski definition) is 1. The van der Waals surface area contributed by atoms with E-state index in [9.17, 15) is 0 Å². The van der Waals surface area contributed by atoms with E-state index in [-0.39, 0.29) is 0 Å². The lowest BCUT2D eigenvalue weighted by Crippen LogP contribution is -2.37. The molecule has 1 fully saturated rings. The zero-order chi connectivity index (χ0) is 9.43. The molecule has 1 heterocycles. The van der Waals surface area contributed by atoms with Crippen molar-refractivity contribution in [3.8, 4) is 0 Å². The van der Waals surface area contributed by atoms with Gasteiger partial charge in [-0.1, -0.05) is 36.4 Å². The minimum absolute atomic E-state index is 0.363. The van der Waals surface area contributed by atoms with Crippen molar-refractivity contribution in [1.82, 2.24) is 5.32 Å².